The van der Waals surface area contributed by atoms with Gasteiger partial charge in [0.15, 0.2) is 0 Å². The van der Waals surface area contributed by atoms with Gasteiger partial charge in [0.1, 0.15) is 0 Å². The zero-order valence-corrected chi connectivity index (χ0v) is 12.1. The van der Waals surface area contributed by atoms with Crippen molar-refractivity contribution < 1.29 is 9.53 Å². The zero-order chi connectivity index (χ0) is 14.9. The third-order valence-corrected chi connectivity index (χ3v) is 3.12. The van der Waals surface area contributed by atoms with Crippen LogP contribution in [0.1, 0.15) is 21.6 Å². The van der Waals surface area contributed by atoms with Gasteiger partial charge in [-0.15, -0.1) is 0 Å². The SMILES string of the molecule is COC(=O)c1nn(-c2ccc(Cl)cc2C)cc(C)c1=O. The van der Waals surface area contributed by atoms with Gasteiger partial charge in [-0.2, -0.15) is 5.10 Å². The number of esters is 1. The highest BCUT2D eigenvalue weighted by atomic mass is 35.5. The van der Waals surface area contributed by atoms with E-state index in [9.17, 15) is 9.59 Å². The maximum atomic E-state index is 11.9. The van der Waals surface area contributed by atoms with Crippen molar-refractivity contribution in [1.82, 2.24) is 9.78 Å². The van der Waals surface area contributed by atoms with E-state index < -0.39 is 11.4 Å². The molecule has 0 amide bonds. The Hall–Kier alpha value is -2.14. The van der Waals surface area contributed by atoms with E-state index in [4.69, 9.17) is 11.6 Å². The predicted molar refractivity (Wildman–Crippen MR) is 75.7 cm³/mol. The number of hydrogen-bond acceptors (Lipinski definition) is 4. The number of aromatic nitrogens is 2. The highest BCUT2D eigenvalue weighted by Crippen LogP contribution is 2.18. The van der Waals surface area contributed by atoms with Crippen molar-refractivity contribution in [1.29, 1.82) is 0 Å². The van der Waals surface area contributed by atoms with E-state index in [1.54, 1.807) is 31.3 Å². The van der Waals surface area contributed by atoms with Gasteiger partial charge in [-0.1, -0.05) is 11.6 Å². The van der Waals surface area contributed by atoms with E-state index in [-0.39, 0.29) is 5.69 Å². The van der Waals surface area contributed by atoms with Crippen molar-refractivity contribution in [2.45, 2.75) is 13.8 Å². The zero-order valence-electron chi connectivity index (χ0n) is 11.3. The van der Waals surface area contributed by atoms with E-state index in [1.807, 2.05) is 6.92 Å². The smallest absolute Gasteiger partial charge is 0.362 e. The topological polar surface area (TPSA) is 61.2 Å². The lowest BCUT2D eigenvalue weighted by atomic mass is 10.2. The van der Waals surface area contributed by atoms with Gasteiger partial charge in [0.25, 0.3) is 0 Å². The van der Waals surface area contributed by atoms with Crippen LogP contribution in [0.3, 0.4) is 0 Å². The highest BCUT2D eigenvalue weighted by Gasteiger charge is 2.16. The van der Waals surface area contributed by atoms with Crippen LogP contribution in [0.2, 0.25) is 5.02 Å². The van der Waals surface area contributed by atoms with Crippen LogP contribution in [-0.2, 0) is 4.74 Å². The van der Waals surface area contributed by atoms with E-state index in [1.165, 1.54) is 11.8 Å². The number of nitrogens with zero attached hydrogens (tertiary/aromatic N) is 2. The number of aryl methyl sites for hydroxylation is 2. The summed E-state index contributed by atoms with van der Waals surface area (Å²) in [7, 11) is 1.21. The molecule has 2 aromatic rings. The second-order valence-corrected chi connectivity index (χ2v) is 4.79. The lowest BCUT2D eigenvalue weighted by Gasteiger charge is -2.11. The number of rotatable bonds is 2. The van der Waals surface area contributed by atoms with Crippen molar-refractivity contribution >= 4 is 17.6 Å². The van der Waals surface area contributed by atoms with Crippen molar-refractivity contribution in [3.63, 3.8) is 0 Å². The minimum absolute atomic E-state index is 0.234. The van der Waals surface area contributed by atoms with Crippen molar-refractivity contribution in [3.8, 4) is 5.69 Å². The summed E-state index contributed by atoms with van der Waals surface area (Å²) in [6.45, 7) is 3.49. The summed E-state index contributed by atoms with van der Waals surface area (Å²) < 4.78 is 6.06. The van der Waals surface area contributed by atoms with Crippen LogP contribution in [0.15, 0.2) is 29.2 Å². The number of carbonyl (C=O) groups excluding carboxylic acids is 1. The molecule has 1 aromatic carbocycles. The molecule has 0 aliphatic heterocycles. The fourth-order valence-corrected chi connectivity index (χ4v) is 2.07. The van der Waals surface area contributed by atoms with E-state index in [2.05, 4.69) is 9.84 Å². The molecule has 1 heterocycles. The first kappa shape index (κ1) is 14.3. The predicted octanol–water partition coefficient (Wildman–Crippen LogP) is 2.29. The van der Waals surface area contributed by atoms with Crippen LogP contribution in [0.4, 0.5) is 0 Å². The molecule has 2 rings (SSSR count). The largest absolute Gasteiger partial charge is 0.464 e. The Morgan fingerprint density at radius 3 is 2.60 bits per heavy atom. The molecule has 6 heteroatoms. The summed E-state index contributed by atoms with van der Waals surface area (Å²) in [4.78, 5) is 23.5. The molecular formula is C14H13ClN2O3. The fraction of sp³-hybridized carbons (Fsp3) is 0.214. The summed E-state index contributed by atoms with van der Waals surface area (Å²) >= 11 is 5.91. The highest BCUT2D eigenvalue weighted by molar-refractivity contribution is 6.30. The summed E-state index contributed by atoms with van der Waals surface area (Å²) in [5, 5.41) is 4.66. The number of hydrogen-bond donors (Lipinski definition) is 0. The molecule has 0 radical (unpaired) electrons. The summed E-state index contributed by atoms with van der Waals surface area (Å²) in [6, 6.07) is 5.27. The monoisotopic (exact) mass is 292 g/mol. The van der Waals surface area contributed by atoms with Crippen LogP contribution < -0.4 is 5.43 Å². The Balaban J connectivity index is 2.67. The number of ether oxygens (including phenoxy) is 1. The molecular weight excluding hydrogens is 280 g/mol. The molecule has 20 heavy (non-hydrogen) atoms. The van der Waals surface area contributed by atoms with Gasteiger partial charge < -0.3 is 4.74 Å². The molecule has 0 bridgehead atoms. The second kappa shape index (κ2) is 5.46. The Morgan fingerprint density at radius 2 is 2.00 bits per heavy atom. The van der Waals surface area contributed by atoms with Gasteiger partial charge in [0, 0.05) is 16.8 Å². The molecule has 1 aromatic heterocycles. The molecule has 0 fully saturated rings. The third-order valence-electron chi connectivity index (χ3n) is 2.88. The van der Waals surface area contributed by atoms with Gasteiger partial charge in [0.2, 0.25) is 11.1 Å². The van der Waals surface area contributed by atoms with E-state index in [0.717, 1.165) is 11.3 Å². The molecule has 0 spiro atoms. The number of halogens is 1. The molecule has 0 atom stereocenters. The molecule has 5 nitrogen and oxygen atoms in total. The van der Waals surface area contributed by atoms with Gasteiger partial charge in [-0.25, -0.2) is 9.48 Å². The maximum Gasteiger partial charge on any atom is 0.362 e. The van der Waals surface area contributed by atoms with Gasteiger partial charge in [0.05, 0.1) is 12.8 Å². The van der Waals surface area contributed by atoms with Crippen LogP contribution in [0.25, 0.3) is 5.69 Å². The molecule has 0 unspecified atom stereocenters. The van der Waals surface area contributed by atoms with Crippen molar-refractivity contribution in [2.75, 3.05) is 7.11 Å². The molecule has 0 saturated carbocycles. The average molecular weight is 293 g/mol. The Kier molecular flexibility index (Phi) is 3.90. The van der Waals surface area contributed by atoms with Crippen molar-refractivity contribution in [2.24, 2.45) is 0 Å². The summed E-state index contributed by atoms with van der Waals surface area (Å²) in [6.07, 6.45) is 1.57. The van der Waals surface area contributed by atoms with Crippen LogP contribution >= 0.6 is 11.6 Å². The molecule has 104 valence electrons. The lowest BCUT2D eigenvalue weighted by Crippen LogP contribution is -2.24. The average Bonchev–Trinajstić information content (AvgIpc) is 2.41. The molecule has 0 saturated heterocycles. The first-order valence-electron chi connectivity index (χ1n) is 5.89. The fourth-order valence-electron chi connectivity index (χ4n) is 1.84. The number of benzene rings is 1. The quantitative estimate of drug-likeness (QED) is 0.797. The Bertz CT molecular complexity index is 738. The number of carbonyl (C=O) groups is 1. The first-order valence-corrected chi connectivity index (χ1v) is 6.27. The van der Waals surface area contributed by atoms with Crippen LogP contribution in [-0.4, -0.2) is 22.9 Å². The van der Waals surface area contributed by atoms with Crippen LogP contribution in [0, 0.1) is 13.8 Å². The normalized spacial score (nSPS) is 10.4. The summed E-state index contributed by atoms with van der Waals surface area (Å²) in [5.74, 6) is -0.751. The first-order chi connectivity index (χ1) is 9.43. The molecule has 0 N–H and O–H groups in total. The minimum atomic E-state index is -0.751. The maximum absolute atomic E-state index is 11.9. The lowest BCUT2D eigenvalue weighted by molar-refractivity contribution is 0.0590. The van der Waals surface area contributed by atoms with E-state index in [0.29, 0.717) is 10.6 Å². The Labute approximate surface area is 120 Å². The van der Waals surface area contributed by atoms with Gasteiger partial charge in [-0.3, -0.25) is 4.79 Å². The minimum Gasteiger partial charge on any atom is -0.464 e. The van der Waals surface area contributed by atoms with E-state index >= 15 is 0 Å². The molecule has 0 aliphatic carbocycles. The summed E-state index contributed by atoms with van der Waals surface area (Å²) in [5.41, 5.74) is 1.36. The third kappa shape index (κ3) is 2.58. The van der Waals surface area contributed by atoms with Crippen LogP contribution in [0.5, 0.6) is 0 Å². The van der Waals surface area contributed by atoms with Crippen molar-refractivity contribution in [3.05, 3.63) is 56.5 Å². The van der Waals surface area contributed by atoms with Gasteiger partial charge >= 0.3 is 5.97 Å². The standard InChI is InChI=1S/C14H13ClN2O3/c1-8-6-10(15)4-5-11(8)17-7-9(2)13(18)12(16-17)14(19)20-3/h4-7H,1-3H3. The number of methoxy groups -OCH3 is 1. The Morgan fingerprint density at radius 1 is 1.30 bits per heavy atom. The molecule has 0 aliphatic rings. The van der Waals surface area contributed by atoms with Gasteiger partial charge in [-0.05, 0) is 37.6 Å². The second-order valence-electron chi connectivity index (χ2n) is 4.36.